The van der Waals surface area contributed by atoms with Crippen LogP contribution in [-0.4, -0.2) is 55.6 Å². The van der Waals surface area contributed by atoms with Crippen LogP contribution in [0.3, 0.4) is 0 Å². The average molecular weight is 315 g/mol. The molecule has 0 spiro atoms. The Morgan fingerprint density at radius 3 is 2.62 bits per heavy atom. The summed E-state index contributed by atoms with van der Waals surface area (Å²) in [6.45, 7) is 0. The number of pyridine rings is 1. The van der Waals surface area contributed by atoms with Crippen molar-refractivity contribution in [2.24, 2.45) is 0 Å². The number of nitrogens with zero attached hydrogens (tertiary/aromatic N) is 2. The van der Waals surface area contributed by atoms with Gasteiger partial charge in [0.25, 0.3) is 0 Å². The minimum absolute atomic E-state index is 0.194. The summed E-state index contributed by atoms with van der Waals surface area (Å²) in [5, 5.41) is 11.3. The summed E-state index contributed by atoms with van der Waals surface area (Å²) in [6, 6.07) is 1.35. The number of carboxylic acids is 1. The molecule has 1 heterocycles. The van der Waals surface area contributed by atoms with Crippen molar-refractivity contribution in [2.45, 2.75) is 12.5 Å². The average Bonchev–Trinajstić information content (AvgIpc) is 2.42. The highest BCUT2D eigenvalue weighted by atomic mass is 32.2. The predicted octanol–water partition coefficient (Wildman–Crippen LogP) is 0.115. The molecule has 0 aliphatic rings. The van der Waals surface area contributed by atoms with E-state index < -0.39 is 27.9 Å². The fraction of sp³-hybridized carbons (Fsp3) is 0.417. The van der Waals surface area contributed by atoms with E-state index >= 15 is 0 Å². The van der Waals surface area contributed by atoms with Crippen molar-refractivity contribution in [3.8, 4) is 0 Å². The van der Waals surface area contributed by atoms with E-state index in [0.29, 0.717) is 5.69 Å². The third-order valence-corrected chi connectivity index (χ3v) is 3.69. The van der Waals surface area contributed by atoms with Crippen molar-refractivity contribution in [1.82, 2.24) is 10.3 Å². The summed E-state index contributed by atoms with van der Waals surface area (Å²) in [5.74, 6) is -1.60. The monoisotopic (exact) mass is 315 g/mol. The minimum atomic E-state index is -3.30. The first-order valence-electron chi connectivity index (χ1n) is 6.05. The lowest BCUT2D eigenvalue weighted by Crippen LogP contribution is -2.47. The van der Waals surface area contributed by atoms with Crippen LogP contribution in [-0.2, 0) is 14.6 Å². The molecule has 1 aromatic rings. The van der Waals surface area contributed by atoms with Gasteiger partial charge in [-0.15, -0.1) is 0 Å². The molecule has 2 N–H and O–H groups in total. The van der Waals surface area contributed by atoms with Crippen LogP contribution in [0, 0.1) is 0 Å². The molecule has 2 amide bonds. The molecule has 0 aliphatic carbocycles. The fourth-order valence-electron chi connectivity index (χ4n) is 1.50. The SMILES string of the molecule is CN(C(=O)NC(CCS(C)(=O)=O)C(=O)O)c1cccnc1. The van der Waals surface area contributed by atoms with Gasteiger partial charge in [0.1, 0.15) is 15.9 Å². The summed E-state index contributed by atoms with van der Waals surface area (Å²) >= 11 is 0. The highest BCUT2D eigenvalue weighted by Gasteiger charge is 2.23. The predicted molar refractivity (Wildman–Crippen MR) is 76.9 cm³/mol. The largest absolute Gasteiger partial charge is 0.480 e. The number of rotatable bonds is 6. The van der Waals surface area contributed by atoms with Gasteiger partial charge in [-0.2, -0.15) is 0 Å². The zero-order valence-corrected chi connectivity index (χ0v) is 12.5. The number of anilines is 1. The summed E-state index contributed by atoms with van der Waals surface area (Å²) in [5.41, 5.74) is 0.488. The van der Waals surface area contributed by atoms with Crippen LogP contribution in [0.15, 0.2) is 24.5 Å². The smallest absolute Gasteiger partial charge is 0.326 e. The van der Waals surface area contributed by atoms with Crippen LogP contribution in [0.25, 0.3) is 0 Å². The van der Waals surface area contributed by atoms with Gasteiger partial charge in [-0.05, 0) is 18.6 Å². The number of aromatic nitrogens is 1. The van der Waals surface area contributed by atoms with Gasteiger partial charge in [0.05, 0.1) is 17.6 Å². The number of amides is 2. The van der Waals surface area contributed by atoms with Gasteiger partial charge in [-0.3, -0.25) is 9.88 Å². The molecule has 1 atom stereocenters. The molecule has 1 rings (SSSR count). The van der Waals surface area contributed by atoms with Gasteiger partial charge < -0.3 is 10.4 Å². The second-order valence-electron chi connectivity index (χ2n) is 4.53. The molecule has 116 valence electrons. The maximum atomic E-state index is 12.0. The Bertz CT molecular complexity index is 603. The summed E-state index contributed by atoms with van der Waals surface area (Å²) in [4.78, 5) is 28.1. The van der Waals surface area contributed by atoms with Crippen molar-refractivity contribution in [2.75, 3.05) is 24.0 Å². The van der Waals surface area contributed by atoms with Crippen LogP contribution < -0.4 is 10.2 Å². The molecular formula is C12H17N3O5S. The first kappa shape index (κ1) is 16.9. The summed E-state index contributed by atoms with van der Waals surface area (Å²) < 4.78 is 22.2. The number of carboxylic acid groups (broad SMARTS) is 1. The maximum absolute atomic E-state index is 12.0. The van der Waals surface area contributed by atoms with Gasteiger partial charge >= 0.3 is 12.0 Å². The van der Waals surface area contributed by atoms with Crippen LogP contribution in [0.1, 0.15) is 6.42 Å². The van der Waals surface area contributed by atoms with E-state index in [-0.39, 0.29) is 12.2 Å². The highest BCUT2D eigenvalue weighted by Crippen LogP contribution is 2.09. The molecule has 0 bridgehead atoms. The number of aliphatic carboxylic acids is 1. The van der Waals surface area contributed by atoms with Crippen molar-refractivity contribution < 1.29 is 23.1 Å². The third-order valence-electron chi connectivity index (χ3n) is 2.71. The molecule has 8 nitrogen and oxygen atoms in total. The molecular weight excluding hydrogens is 298 g/mol. The topological polar surface area (TPSA) is 117 Å². The minimum Gasteiger partial charge on any atom is -0.480 e. The first-order chi connectivity index (χ1) is 9.70. The van der Waals surface area contributed by atoms with Gasteiger partial charge in [0.2, 0.25) is 0 Å². The van der Waals surface area contributed by atoms with Crippen molar-refractivity contribution in [3.05, 3.63) is 24.5 Å². The Morgan fingerprint density at radius 2 is 2.14 bits per heavy atom. The highest BCUT2D eigenvalue weighted by molar-refractivity contribution is 7.90. The molecule has 0 radical (unpaired) electrons. The number of hydrogen-bond acceptors (Lipinski definition) is 5. The second kappa shape index (κ2) is 7.02. The Hall–Kier alpha value is -2.16. The normalized spacial score (nSPS) is 12.5. The molecule has 1 unspecified atom stereocenters. The van der Waals surface area contributed by atoms with E-state index in [9.17, 15) is 18.0 Å². The molecule has 0 fully saturated rings. The number of sulfone groups is 1. The van der Waals surface area contributed by atoms with Crippen LogP contribution in [0.2, 0.25) is 0 Å². The quantitative estimate of drug-likeness (QED) is 0.770. The Morgan fingerprint density at radius 1 is 1.48 bits per heavy atom. The number of carbonyl (C=O) groups is 2. The molecule has 1 aromatic heterocycles. The summed E-state index contributed by atoms with van der Waals surface area (Å²) in [7, 11) is -1.84. The molecule has 9 heteroatoms. The van der Waals surface area contributed by atoms with Crippen LogP contribution in [0.4, 0.5) is 10.5 Å². The van der Waals surface area contributed by atoms with Crippen LogP contribution >= 0.6 is 0 Å². The molecule has 21 heavy (non-hydrogen) atoms. The van der Waals surface area contributed by atoms with Gasteiger partial charge in [0, 0.05) is 19.5 Å². The lowest BCUT2D eigenvalue weighted by atomic mass is 10.2. The van der Waals surface area contributed by atoms with E-state index in [1.165, 1.54) is 18.1 Å². The zero-order chi connectivity index (χ0) is 16.0. The third kappa shape index (κ3) is 5.78. The van der Waals surface area contributed by atoms with Crippen LogP contribution in [0.5, 0.6) is 0 Å². The second-order valence-corrected chi connectivity index (χ2v) is 6.79. The maximum Gasteiger partial charge on any atom is 0.326 e. The van der Waals surface area contributed by atoms with Gasteiger partial charge in [-0.1, -0.05) is 0 Å². The Balaban J connectivity index is 2.71. The van der Waals surface area contributed by atoms with Gasteiger partial charge in [-0.25, -0.2) is 18.0 Å². The van der Waals surface area contributed by atoms with Crippen molar-refractivity contribution in [1.29, 1.82) is 0 Å². The standard InChI is InChI=1S/C12H17N3O5S/c1-15(9-4-3-6-13-8-9)12(18)14-10(11(16)17)5-7-21(2,19)20/h3-4,6,8,10H,5,7H2,1-2H3,(H,14,18)(H,16,17). The molecule has 0 aliphatic heterocycles. The number of carbonyl (C=O) groups excluding carboxylic acids is 1. The lowest BCUT2D eigenvalue weighted by molar-refractivity contribution is -0.139. The van der Waals surface area contributed by atoms with E-state index in [1.54, 1.807) is 18.3 Å². The molecule has 0 aromatic carbocycles. The summed E-state index contributed by atoms with van der Waals surface area (Å²) in [6.07, 6.45) is 3.81. The Kier molecular flexibility index (Phi) is 5.65. The Labute approximate surface area is 122 Å². The first-order valence-corrected chi connectivity index (χ1v) is 8.11. The van der Waals surface area contributed by atoms with E-state index in [2.05, 4.69) is 10.3 Å². The number of urea groups is 1. The molecule has 0 saturated heterocycles. The van der Waals surface area contributed by atoms with Crippen molar-refractivity contribution >= 4 is 27.5 Å². The fourth-order valence-corrected chi connectivity index (χ4v) is 2.17. The van der Waals surface area contributed by atoms with E-state index in [1.807, 2.05) is 0 Å². The lowest BCUT2D eigenvalue weighted by Gasteiger charge is -2.21. The molecule has 0 saturated carbocycles. The van der Waals surface area contributed by atoms with E-state index in [4.69, 9.17) is 5.11 Å². The number of hydrogen-bond donors (Lipinski definition) is 2. The number of nitrogens with one attached hydrogen (secondary N) is 1. The van der Waals surface area contributed by atoms with E-state index in [0.717, 1.165) is 6.26 Å². The zero-order valence-electron chi connectivity index (χ0n) is 11.7. The van der Waals surface area contributed by atoms with Crippen molar-refractivity contribution in [3.63, 3.8) is 0 Å². The van der Waals surface area contributed by atoms with Gasteiger partial charge in [0.15, 0.2) is 0 Å².